The first-order valence-corrected chi connectivity index (χ1v) is 8.15. The van der Waals surface area contributed by atoms with E-state index in [0.717, 1.165) is 5.56 Å². The molecule has 1 N–H and O–H groups in total. The van der Waals surface area contributed by atoms with Gasteiger partial charge < -0.3 is 10.1 Å². The van der Waals surface area contributed by atoms with E-state index in [4.69, 9.17) is 21.0 Å². The Bertz CT molecular complexity index is 901. The fraction of sp³-hybridized carbons (Fsp3) is 0.176. The molecule has 8 nitrogen and oxygen atoms in total. The van der Waals surface area contributed by atoms with Crippen molar-refractivity contribution >= 4 is 23.0 Å². The van der Waals surface area contributed by atoms with Crippen LogP contribution in [0.1, 0.15) is 6.92 Å². The van der Waals surface area contributed by atoms with Gasteiger partial charge in [0, 0.05) is 16.7 Å². The third-order valence-electron chi connectivity index (χ3n) is 3.55. The van der Waals surface area contributed by atoms with E-state index < -0.39 is 4.92 Å². The number of nitrogens with zero attached hydrogens (tertiary/aromatic N) is 3. The van der Waals surface area contributed by atoms with E-state index in [0.29, 0.717) is 22.9 Å². The maximum absolute atomic E-state index is 11.1. The maximum atomic E-state index is 11.1. The smallest absolute Gasteiger partial charge is 0.292 e. The molecule has 0 fully saturated rings. The number of nitrogens with one attached hydrogen (secondary N) is 1. The van der Waals surface area contributed by atoms with E-state index in [1.165, 1.54) is 18.2 Å². The van der Waals surface area contributed by atoms with Gasteiger partial charge in [-0.2, -0.15) is 0 Å². The lowest BCUT2D eigenvalue weighted by Crippen LogP contribution is -2.23. The van der Waals surface area contributed by atoms with Gasteiger partial charge in [0.05, 0.1) is 11.5 Å². The lowest BCUT2D eigenvalue weighted by Gasteiger charge is -2.14. The van der Waals surface area contributed by atoms with Crippen molar-refractivity contribution < 1.29 is 14.3 Å². The highest BCUT2D eigenvalue weighted by molar-refractivity contribution is 6.31. The van der Waals surface area contributed by atoms with Gasteiger partial charge in [-0.15, -0.1) is 0 Å². The highest BCUT2D eigenvalue weighted by atomic mass is 35.5. The molecule has 3 rings (SSSR count). The molecule has 1 aromatic heterocycles. The number of anilines is 1. The normalized spacial score (nSPS) is 11.8. The molecule has 3 aromatic rings. The molecule has 0 aliphatic carbocycles. The van der Waals surface area contributed by atoms with Gasteiger partial charge in [-0.3, -0.25) is 10.1 Å². The van der Waals surface area contributed by atoms with Crippen LogP contribution in [-0.4, -0.2) is 27.9 Å². The predicted molar refractivity (Wildman–Crippen MR) is 96.4 cm³/mol. The molecule has 0 spiro atoms. The van der Waals surface area contributed by atoms with Gasteiger partial charge in [0.2, 0.25) is 0 Å². The fourth-order valence-electron chi connectivity index (χ4n) is 2.33. The minimum atomic E-state index is -0.473. The van der Waals surface area contributed by atoms with Crippen LogP contribution >= 0.6 is 11.6 Å². The number of hydrogen-bond donors (Lipinski definition) is 1. The van der Waals surface area contributed by atoms with E-state index in [-0.39, 0.29) is 17.7 Å². The molecule has 0 aliphatic heterocycles. The van der Waals surface area contributed by atoms with Gasteiger partial charge in [-0.05, 0) is 29.4 Å². The van der Waals surface area contributed by atoms with Crippen LogP contribution in [0.15, 0.2) is 53.2 Å². The minimum absolute atomic E-state index is 0.0605. The lowest BCUT2D eigenvalue weighted by molar-refractivity contribution is -0.384. The van der Waals surface area contributed by atoms with Gasteiger partial charge in [0.1, 0.15) is 11.8 Å². The van der Waals surface area contributed by atoms with Crippen LogP contribution in [-0.2, 0) is 0 Å². The zero-order chi connectivity index (χ0) is 18.5. The Labute approximate surface area is 153 Å². The summed E-state index contributed by atoms with van der Waals surface area (Å²) in [6.45, 7) is 2.09. The third-order valence-corrected chi connectivity index (χ3v) is 3.79. The molecule has 9 heteroatoms. The van der Waals surface area contributed by atoms with E-state index in [9.17, 15) is 10.1 Å². The zero-order valence-corrected chi connectivity index (χ0v) is 14.5. The molecule has 0 radical (unpaired) electrons. The highest BCUT2D eigenvalue weighted by Crippen LogP contribution is 2.29. The first kappa shape index (κ1) is 17.7. The molecule has 0 aliphatic rings. The predicted octanol–water partition coefficient (Wildman–Crippen LogP) is 4.18. The standard InChI is InChI=1S/C17H15ClN4O4/c1-11(10-19-14-9-13(18)7-8-15(14)22(23)24)25-17-16(20-26-21-17)12-5-3-2-4-6-12/h2-9,11,19H,10H2,1H3/t11-/m0/s1. The largest absolute Gasteiger partial charge is 0.469 e. The molecule has 134 valence electrons. The van der Waals surface area contributed by atoms with Gasteiger partial charge in [0.25, 0.3) is 11.6 Å². The molecular formula is C17H15ClN4O4. The van der Waals surface area contributed by atoms with Crippen molar-refractivity contribution in [1.82, 2.24) is 10.3 Å². The van der Waals surface area contributed by atoms with Crippen LogP contribution in [0.5, 0.6) is 5.88 Å². The monoisotopic (exact) mass is 374 g/mol. The summed E-state index contributed by atoms with van der Waals surface area (Å²) in [4.78, 5) is 10.6. The summed E-state index contributed by atoms with van der Waals surface area (Å²) in [5.41, 5.74) is 1.56. The zero-order valence-electron chi connectivity index (χ0n) is 13.8. The number of hydrogen-bond acceptors (Lipinski definition) is 7. The Balaban J connectivity index is 1.68. The van der Waals surface area contributed by atoms with Crippen LogP contribution < -0.4 is 10.1 Å². The van der Waals surface area contributed by atoms with Crippen molar-refractivity contribution in [3.63, 3.8) is 0 Å². The molecule has 0 saturated carbocycles. The number of halogens is 1. The summed E-state index contributed by atoms with van der Waals surface area (Å²) in [7, 11) is 0. The first-order valence-electron chi connectivity index (χ1n) is 7.77. The molecule has 0 amide bonds. The Morgan fingerprint density at radius 2 is 2.04 bits per heavy atom. The number of rotatable bonds is 7. The second kappa shape index (κ2) is 7.83. The summed E-state index contributed by atoms with van der Waals surface area (Å²) in [6.07, 6.45) is -0.358. The number of benzene rings is 2. The van der Waals surface area contributed by atoms with Crippen molar-refractivity contribution in [3.8, 4) is 17.1 Å². The maximum Gasteiger partial charge on any atom is 0.292 e. The van der Waals surface area contributed by atoms with Crippen LogP contribution in [0, 0.1) is 10.1 Å². The quantitative estimate of drug-likeness (QED) is 0.488. The van der Waals surface area contributed by atoms with Crippen LogP contribution in [0.4, 0.5) is 11.4 Å². The fourth-order valence-corrected chi connectivity index (χ4v) is 2.50. The summed E-state index contributed by atoms with van der Waals surface area (Å²) in [6, 6.07) is 13.7. The topological polar surface area (TPSA) is 103 Å². The Morgan fingerprint density at radius 3 is 2.77 bits per heavy atom. The SMILES string of the molecule is C[C@@H](CNc1cc(Cl)ccc1[N+](=O)[O-])Oc1nonc1-c1ccccc1. The summed E-state index contributed by atoms with van der Waals surface area (Å²) in [5.74, 6) is 0.256. The average Bonchev–Trinajstić information content (AvgIpc) is 3.08. The van der Waals surface area contributed by atoms with Gasteiger partial charge in [-0.25, -0.2) is 4.63 Å². The third kappa shape index (κ3) is 4.09. The Morgan fingerprint density at radius 1 is 1.27 bits per heavy atom. The van der Waals surface area contributed by atoms with Gasteiger partial charge in [0.15, 0.2) is 5.69 Å². The molecule has 2 aromatic carbocycles. The Hall–Kier alpha value is -3.13. The molecule has 0 unspecified atom stereocenters. The van der Waals surface area contributed by atoms with Crippen molar-refractivity contribution in [1.29, 1.82) is 0 Å². The first-order chi connectivity index (χ1) is 12.5. The summed E-state index contributed by atoms with van der Waals surface area (Å²) < 4.78 is 10.5. The van der Waals surface area contributed by atoms with Crippen molar-refractivity contribution in [3.05, 3.63) is 63.7 Å². The number of nitro groups is 1. The van der Waals surface area contributed by atoms with E-state index in [1.54, 1.807) is 6.92 Å². The van der Waals surface area contributed by atoms with Crippen LogP contribution in [0.2, 0.25) is 5.02 Å². The van der Waals surface area contributed by atoms with Crippen LogP contribution in [0.3, 0.4) is 0 Å². The number of ether oxygens (including phenoxy) is 1. The Kier molecular flexibility index (Phi) is 5.33. The van der Waals surface area contributed by atoms with E-state index in [2.05, 4.69) is 15.6 Å². The van der Waals surface area contributed by atoms with E-state index >= 15 is 0 Å². The molecule has 0 bridgehead atoms. The van der Waals surface area contributed by atoms with Crippen molar-refractivity contribution in [2.45, 2.75) is 13.0 Å². The van der Waals surface area contributed by atoms with Crippen molar-refractivity contribution in [2.24, 2.45) is 0 Å². The molecule has 0 saturated heterocycles. The van der Waals surface area contributed by atoms with Crippen molar-refractivity contribution in [2.75, 3.05) is 11.9 Å². The van der Waals surface area contributed by atoms with Gasteiger partial charge in [-0.1, -0.05) is 41.9 Å². The number of aromatic nitrogens is 2. The second-order valence-electron chi connectivity index (χ2n) is 5.51. The van der Waals surface area contributed by atoms with Crippen LogP contribution in [0.25, 0.3) is 11.3 Å². The molecule has 26 heavy (non-hydrogen) atoms. The molecule has 1 heterocycles. The molecule has 1 atom stereocenters. The summed E-state index contributed by atoms with van der Waals surface area (Å²) in [5, 5.41) is 22.1. The van der Waals surface area contributed by atoms with Gasteiger partial charge >= 0.3 is 0 Å². The molecular weight excluding hydrogens is 360 g/mol. The summed E-state index contributed by atoms with van der Waals surface area (Å²) >= 11 is 5.92. The lowest BCUT2D eigenvalue weighted by atomic mass is 10.2. The number of nitro benzene ring substituents is 1. The second-order valence-corrected chi connectivity index (χ2v) is 5.95. The highest BCUT2D eigenvalue weighted by Gasteiger charge is 2.18. The minimum Gasteiger partial charge on any atom is -0.469 e. The van der Waals surface area contributed by atoms with E-state index in [1.807, 2.05) is 30.3 Å². The average molecular weight is 375 g/mol.